The minimum atomic E-state index is -3.66. The second-order valence-corrected chi connectivity index (χ2v) is 5.32. The lowest BCUT2D eigenvalue weighted by molar-refractivity contribution is -0.121. The average molecular weight is 256 g/mol. The van der Waals surface area contributed by atoms with Gasteiger partial charge in [0.05, 0.1) is 10.9 Å². The summed E-state index contributed by atoms with van der Waals surface area (Å²) in [6.07, 6.45) is 0.416. The predicted octanol–water partition coefficient (Wildman–Crippen LogP) is 0.921. The van der Waals surface area contributed by atoms with E-state index in [2.05, 4.69) is 5.32 Å². The van der Waals surface area contributed by atoms with E-state index in [-0.39, 0.29) is 16.8 Å². The van der Waals surface area contributed by atoms with Crippen molar-refractivity contribution in [2.45, 2.75) is 31.2 Å². The molecule has 0 spiro atoms. The van der Waals surface area contributed by atoms with Gasteiger partial charge in [-0.1, -0.05) is 19.1 Å². The smallest absolute Gasteiger partial charge is 0.238 e. The Kier molecular flexibility index (Phi) is 4.25. The van der Waals surface area contributed by atoms with Crippen molar-refractivity contribution in [2.75, 3.05) is 0 Å². The molecular weight excluding hydrogens is 240 g/mol. The number of benzene rings is 1. The molecular formula is C11H16N2O3S. The van der Waals surface area contributed by atoms with E-state index in [1.165, 1.54) is 12.1 Å². The maximum absolute atomic E-state index is 11.2. The molecule has 0 bridgehead atoms. The highest BCUT2D eigenvalue weighted by atomic mass is 32.2. The third-order valence-electron chi connectivity index (χ3n) is 2.41. The van der Waals surface area contributed by atoms with E-state index in [1.54, 1.807) is 19.1 Å². The second kappa shape index (κ2) is 5.29. The van der Waals surface area contributed by atoms with Crippen molar-refractivity contribution in [3.8, 4) is 0 Å². The number of nitrogens with two attached hydrogens (primary N) is 1. The predicted molar refractivity (Wildman–Crippen MR) is 64.7 cm³/mol. The van der Waals surface area contributed by atoms with Crippen LogP contribution in [-0.2, 0) is 14.8 Å². The van der Waals surface area contributed by atoms with Crippen LogP contribution in [0.4, 0.5) is 0 Å². The molecule has 0 aliphatic rings. The van der Waals surface area contributed by atoms with Crippen molar-refractivity contribution in [3.63, 3.8) is 0 Å². The van der Waals surface area contributed by atoms with E-state index in [0.29, 0.717) is 6.42 Å². The molecule has 0 aliphatic carbocycles. The summed E-state index contributed by atoms with van der Waals surface area (Å²) in [5.74, 6) is -0.0481. The highest BCUT2D eigenvalue weighted by molar-refractivity contribution is 7.89. The Morgan fingerprint density at radius 1 is 1.35 bits per heavy atom. The third kappa shape index (κ3) is 3.83. The number of primary sulfonamides is 1. The van der Waals surface area contributed by atoms with Gasteiger partial charge in [0.25, 0.3) is 0 Å². The van der Waals surface area contributed by atoms with Crippen LogP contribution in [0, 0.1) is 0 Å². The number of amides is 1. The lowest BCUT2D eigenvalue weighted by Crippen LogP contribution is -2.25. The summed E-state index contributed by atoms with van der Waals surface area (Å²) in [7, 11) is -3.66. The van der Waals surface area contributed by atoms with Crippen molar-refractivity contribution >= 4 is 15.9 Å². The molecule has 94 valence electrons. The second-order valence-electron chi connectivity index (χ2n) is 3.76. The molecule has 0 heterocycles. The van der Waals surface area contributed by atoms with Crippen LogP contribution in [0.1, 0.15) is 31.9 Å². The third-order valence-corrected chi connectivity index (χ3v) is 3.34. The summed E-state index contributed by atoms with van der Waals surface area (Å²) in [5.41, 5.74) is 0.833. The Labute approximate surface area is 101 Å². The lowest BCUT2D eigenvalue weighted by atomic mass is 10.1. The van der Waals surface area contributed by atoms with Crippen molar-refractivity contribution in [2.24, 2.45) is 5.14 Å². The zero-order valence-electron chi connectivity index (χ0n) is 9.80. The van der Waals surface area contributed by atoms with Gasteiger partial charge in [-0.25, -0.2) is 13.6 Å². The van der Waals surface area contributed by atoms with Crippen LogP contribution in [-0.4, -0.2) is 14.3 Å². The first kappa shape index (κ1) is 13.7. The zero-order valence-corrected chi connectivity index (χ0v) is 10.6. The minimum absolute atomic E-state index is 0.0481. The molecule has 0 saturated heterocycles. The Morgan fingerprint density at radius 2 is 1.88 bits per heavy atom. The molecule has 1 aromatic carbocycles. The van der Waals surface area contributed by atoms with Gasteiger partial charge >= 0.3 is 0 Å². The van der Waals surface area contributed by atoms with E-state index in [1.807, 2.05) is 6.92 Å². The highest BCUT2D eigenvalue weighted by Crippen LogP contribution is 2.15. The standard InChI is InChI=1S/C11H16N2O3S/c1-3-11(14)13-8(2)9-4-6-10(7-5-9)17(12,15)16/h4-8H,3H2,1-2H3,(H,13,14)(H2,12,15,16)/t8-/m1/s1. The molecule has 1 aromatic rings. The molecule has 0 saturated carbocycles. The summed E-state index contributed by atoms with van der Waals surface area (Å²) < 4.78 is 22.1. The molecule has 0 aliphatic heterocycles. The molecule has 1 amide bonds. The largest absolute Gasteiger partial charge is 0.350 e. The number of sulfonamides is 1. The molecule has 17 heavy (non-hydrogen) atoms. The molecule has 0 radical (unpaired) electrons. The fourth-order valence-corrected chi connectivity index (χ4v) is 1.89. The van der Waals surface area contributed by atoms with Crippen LogP contribution in [0.3, 0.4) is 0 Å². The average Bonchev–Trinajstić information content (AvgIpc) is 2.27. The minimum Gasteiger partial charge on any atom is -0.350 e. The van der Waals surface area contributed by atoms with Gasteiger partial charge in [-0.05, 0) is 24.6 Å². The number of hydrogen-bond acceptors (Lipinski definition) is 3. The van der Waals surface area contributed by atoms with Gasteiger partial charge < -0.3 is 5.32 Å². The molecule has 0 fully saturated rings. The molecule has 0 aromatic heterocycles. The van der Waals surface area contributed by atoms with Crippen molar-refractivity contribution in [1.29, 1.82) is 0 Å². The summed E-state index contributed by atoms with van der Waals surface area (Å²) >= 11 is 0. The number of nitrogens with one attached hydrogen (secondary N) is 1. The van der Waals surface area contributed by atoms with Crippen molar-refractivity contribution in [1.82, 2.24) is 5.32 Å². The number of carbonyl (C=O) groups is 1. The van der Waals surface area contributed by atoms with Crippen LogP contribution in [0.25, 0.3) is 0 Å². The van der Waals surface area contributed by atoms with Gasteiger partial charge in [0.2, 0.25) is 15.9 Å². The molecule has 6 heteroatoms. The van der Waals surface area contributed by atoms with Gasteiger partial charge in [-0.15, -0.1) is 0 Å². The van der Waals surface area contributed by atoms with E-state index >= 15 is 0 Å². The maximum Gasteiger partial charge on any atom is 0.238 e. The van der Waals surface area contributed by atoms with Crippen LogP contribution >= 0.6 is 0 Å². The topological polar surface area (TPSA) is 89.3 Å². The van der Waals surface area contributed by atoms with E-state index in [0.717, 1.165) is 5.56 Å². The Hall–Kier alpha value is -1.40. The molecule has 3 N–H and O–H groups in total. The van der Waals surface area contributed by atoms with Gasteiger partial charge in [0.15, 0.2) is 0 Å². The fraction of sp³-hybridized carbons (Fsp3) is 0.364. The highest BCUT2D eigenvalue weighted by Gasteiger charge is 2.10. The summed E-state index contributed by atoms with van der Waals surface area (Å²) in [5, 5.41) is 7.77. The van der Waals surface area contributed by atoms with Gasteiger partial charge in [0, 0.05) is 6.42 Å². The Bertz CT molecular complexity index is 494. The zero-order chi connectivity index (χ0) is 13.1. The van der Waals surface area contributed by atoms with Gasteiger partial charge in [0.1, 0.15) is 0 Å². The van der Waals surface area contributed by atoms with E-state index in [9.17, 15) is 13.2 Å². The fourth-order valence-electron chi connectivity index (χ4n) is 1.37. The number of rotatable bonds is 4. The monoisotopic (exact) mass is 256 g/mol. The number of hydrogen-bond donors (Lipinski definition) is 2. The summed E-state index contributed by atoms with van der Waals surface area (Å²) in [4.78, 5) is 11.3. The van der Waals surface area contributed by atoms with Crippen LogP contribution in [0.15, 0.2) is 29.2 Å². The van der Waals surface area contributed by atoms with Gasteiger partial charge in [-0.2, -0.15) is 0 Å². The summed E-state index contributed by atoms with van der Waals surface area (Å²) in [6, 6.07) is 5.98. The van der Waals surface area contributed by atoms with Crippen molar-refractivity contribution < 1.29 is 13.2 Å². The van der Waals surface area contributed by atoms with Crippen LogP contribution in [0.2, 0.25) is 0 Å². The Balaban J connectivity index is 2.84. The first-order valence-electron chi connectivity index (χ1n) is 5.26. The molecule has 1 atom stereocenters. The molecule has 0 unspecified atom stereocenters. The SMILES string of the molecule is CCC(=O)N[C@H](C)c1ccc(S(N)(=O)=O)cc1. The first-order valence-corrected chi connectivity index (χ1v) is 6.81. The first-order chi connectivity index (χ1) is 7.84. The van der Waals surface area contributed by atoms with Gasteiger partial charge in [-0.3, -0.25) is 4.79 Å². The lowest BCUT2D eigenvalue weighted by Gasteiger charge is -2.13. The normalized spacial score (nSPS) is 13.1. The molecule has 5 nitrogen and oxygen atoms in total. The van der Waals surface area contributed by atoms with E-state index in [4.69, 9.17) is 5.14 Å². The van der Waals surface area contributed by atoms with Crippen LogP contribution in [0.5, 0.6) is 0 Å². The summed E-state index contributed by atoms with van der Waals surface area (Å²) in [6.45, 7) is 3.60. The quantitative estimate of drug-likeness (QED) is 0.839. The van der Waals surface area contributed by atoms with Crippen molar-refractivity contribution in [3.05, 3.63) is 29.8 Å². The number of carbonyl (C=O) groups excluding carboxylic acids is 1. The molecule has 1 rings (SSSR count). The van der Waals surface area contributed by atoms with E-state index < -0.39 is 10.0 Å². The van der Waals surface area contributed by atoms with Crippen LogP contribution < -0.4 is 10.5 Å². The maximum atomic E-state index is 11.2. The Morgan fingerprint density at radius 3 is 2.29 bits per heavy atom.